The number of nitrogens with one attached hydrogen (secondary N) is 1. The zero-order valence-electron chi connectivity index (χ0n) is 14.4. The van der Waals surface area contributed by atoms with Crippen molar-refractivity contribution in [3.8, 4) is 0 Å². The number of halogens is 3. The third kappa shape index (κ3) is 3.42. The third-order valence-corrected chi connectivity index (χ3v) is 5.45. The molecular formula is C18H22F3N5. The molecule has 1 aromatic heterocycles. The second-order valence-corrected chi connectivity index (χ2v) is 7.15. The molecule has 0 amide bonds. The Kier molecular flexibility index (Phi) is 4.84. The van der Waals surface area contributed by atoms with Crippen molar-refractivity contribution < 1.29 is 13.2 Å². The fourth-order valence-corrected chi connectivity index (χ4v) is 4.13. The van der Waals surface area contributed by atoms with Gasteiger partial charge in [0, 0.05) is 24.7 Å². The highest BCUT2D eigenvalue weighted by atomic mass is 19.3. The van der Waals surface area contributed by atoms with Crippen LogP contribution in [-0.4, -0.2) is 45.2 Å². The van der Waals surface area contributed by atoms with E-state index in [1.165, 1.54) is 17.1 Å². The molecule has 2 aromatic rings. The van der Waals surface area contributed by atoms with Crippen molar-refractivity contribution >= 4 is 5.95 Å². The number of likely N-dealkylation sites (tertiary alicyclic amines) is 1. The van der Waals surface area contributed by atoms with Gasteiger partial charge in [-0.3, -0.25) is 4.90 Å². The lowest BCUT2D eigenvalue weighted by molar-refractivity contribution is 0.0550. The topological polar surface area (TPSA) is 46.0 Å². The summed E-state index contributed by atoms with van der Waals surface area (Å²) in [5, 5.41) is 7.21. The number of alkyl halides is 2. The number of hydrogen-bond donors (Lipinski definition) is 1. The highest BCUT2D eigenvalue weighted by Crippen LogP contribution is 2.35. The minimum Gasteiger partial charge on any atom is -0.351 e. The van der Waals surface area contributed by atoms with Gasteiger partial charge in [0.05, 0.1) is 0 Å². The van der Waals surface area contributed by atoms with Crippen LogP contribution in [0, 0.1) is 11.7 Å². The SMILES string of the molecule is Fc1ccccc1CN1CCCC([C@@H]2C[C@H](C(F)F)n3ncnc3N2)C1. The smallest absolute Gasteiger partial charge is 0.260 e. The molecule has 3 heterocycles. The second-order valence-electron chi connectivity index (χ2n) is 7.15. The van der Waals surface area contributed by atoms with Crippen molar-refractivity contribution in [3.05, 3.63) is 42.0 Å². The molecule has 1 fully saturated rings. The van der Waals surface area contributed by atoms with Gasteiger partial charge in [-0.1, -0.05) is 18.2 Å². The molecule has 0 bridgehead atoms. The van der Waals surface area contributed by atoms with Gasteiger partial charge < -0.3 is 5.32 Å². The van der Waals surface area contributed by atoms with Crippen LogP contribution in [-0.2, 0) is 6.54 Å². The molecule has 1 unspecified atom stereocenters. The van der Waals surface area contributed by atoms with Crippen LogP contribution in [0.4, 0.5) is 19.1 Å². The Morgan fingerprint density at radius 3 is 2.92 bits per heavy atom. The lowest BCUT2D eigenvalue weighted by Gasteiger charge is -2.40. The first-order valence-electron chi connectivity index (χ1n) is 9.02. The number of rotatable bonds is 4. The van der Waals surface area contributed by atoms with E-state index in [0.717, 1.165) is 25.9 Å². The Morgan fingerprint density at radius 2 is 2.12 bits per heavy atom. The summed E-state index contributed by atoms with van der Waals surface area (Å²) in [4.78, 5) is 6.29. The van der Waals surface area contributed by atoms with Crippen molar-refractivity contribution in [2.24, 2.45) is 5.92 Å². The number of benzene rings is 1. The van der Waals surface area contributed by atoms with E-state index in [1.807, 2.05) is 6.07 Å². The molecule has 8 heteroatoms. The molecule has 0 radical (unpaired) electrons. The molecule has 4 rings (SSSR count). The van der Waals surface area contributed by atoms with E-state index >= 15 is 0 Å². The van der Waals surface area contributed by atoms with Gasteiger partial charge in [-0.15, -0.1) is 0 Å². The summed E-state index contributed by atoms with van der Waals surface area (Å²) in [6.45, 7) is 2.20. The van der Waals surface area contributed by atoms with Crippen LogP contribution in [0.25, 0.3) is 0 Å². The minimum atomic E-state index is -2.47. The Hall–Kier alpha value is -2.09. The number of anilines is 1. The van der Waals surface area contributed by atoms with Gasteiger partial charge >= 0.3 is 0 Å². The monoisotopic (exact) mass is 365 g/mol. The van der Waals surface area contributed by atoms with E-state index in [-0.39, 0.29) is 17.8 Å². The number of piperidine rings is 1. The van der Waals surface area contributed by atoms with E-state index in [2.05, 4.69) is 20.3 Å². The normalized spacial score (nSPS) is 26.5. The number of aromatic nitrogens is 3. The summed E-state index contributed by atoms with van der Waals surface area (Å²) in [5.41, 5.74) is 0.676. The van der Waals surface area contributed by atoms with Gasteiger partial charge in [-0.25, -0.2) is 17.9 Å². The van der Waals surface area contributed by atoms with Crippen molar-refractivity contribution in [3.63, 3.8) is 0 Å². The molecule has 2 aliphatic heterocycles. The summed E-state index contributed by atoms with van der Waals surface area (Å²) in [6.07, 6.45) is 1.11. The van der Waals surface area contributed by atoms with Crippen molar-refractivity contribution in [2.75, 3.05) is 18.4 Å². The maximum absolute atomic E-state index is 13.9. The Morgan fingerprint density at radius 1 is 1.27 bits per heavy atom. The Labute approximate surface area is 150 Å². The van der Waals surface area contributed by atoms with Crippen LogP contribution in [0.15, 0.2) is 30.6 Å². The average molecular weight is 365 g/mol. The summed E-state index contributed by atoms with van der Waals surface area (Å²) < 4.78 is 42.1. The number of hydrogen-bond acceptors (Lipinski definition) is 4. The van der Waals surface area contributed by atoms with E-state index in [4.69, 9.17) is 0 Å². The third-order valence-electron chi connectivity index (χ3n) is 5.45. The lowest BCUT2D eigenvalue weighted by atomic mass is 9.86. The van der Waals surface area contributed by atoms with Gasteiger partial charge in [-0.2, -0.15) is 10.1 Å². The van der Waals surface area contributed by atoms with Crippen LogP contribution in [0.5, 0.6) is 0 Å². The quantitative estimate of drug-likeness (QED) is 0.903. The molecule has 1 saturated heterocycles. The predicted octanol–water partition coefficient (Wildman–Crippen LogP) is 3.32. The molecule has 3 atom stereocenters. The molecule has 26 heavy (non-hydrogen) atoms. The van der Waals surface area contributed by atoms with Crippen LogP contribution >= 0.6 is 0 Å². The zero-order valence-corrected chi connectivity index (χ0v) is 14.4. The highest BCUT2D eigenvalue weighted by molar-refractivity contribution is 5.29. The first-order valence-corrected chi connectivity index (χ1v) is 9.02. The maximum Gasteiger partial charge on any atom is 0.260 e. The van der Waals surface area contributed by atoms with Crippen LogP contribution in [0.2, 0.25) is 0 Å². The largest absolute Gasteiger partial charge is 0.351 e. The predicted molar refractivity (Wildman–Crippen MR) is 91.5 cm³/mol. The van der Waals surface area contributed by atoms with Gasteiger partial charge in [-0.05, 0) is 37.8 Å². The molecule has 0 aliphatic carbocycles. The van der Waals surface area contributed by atoms with Crippen molar-refractivity contribution in [1.29, 1.82) is 0 Å². The van der Waals surface area contributed by atoms with Crippen LogP contribution < -0.4 is 5.32 Å². The summed E-state index contributed by atoms with van der Waals surface area (Å²) in [7, 11) is 0. The van der Waals surface area contributed by atoms with E-state index in [9.17, 15) is 13.2 Å². The molecular weight excluding hydrogens is 343 g/mol. The fraction of sp³-hybridized carbons (Fsp3) is 0.556. The first-order chi connectivity index (χ1) is 12.6. The lowest BCUT2D eigenvalue weighted by Crippen LogP contribution is -2.46. The number of fused-ring (bicyclic) bond motifs is 1. The van der Waals surface area contributed by atoms with Crippen LogP contribution in [0.1, 0.15) is 30.9 Å². The Balaban J connectivity index is 1.46. The molecule has 1 aromatic carbocycles. The highest BCUT2D eigenvalue weighted by Gasteiger charge is 2.38. The van der Waals surface area contributed by atoms with Gasteiger partial charge in [0.1, 0.15) is 18.2 Å². The van der Waals surface area contributed by atoms with E-state index in [1.54, 1.807) is 12.1 Å². The summed E-state index contributed by atoms with van der Waals surface area (Å²) >= 11 is 0. The summed E-state index contributed by atoms with van der Waals surface area (Å²) in [6, 6.07) is 5.77. The molecule has 140 valence electrons. The molecule has 1 N–H and O–H groups in total. The Bertz CT molecular complexity index is 750. The average Bonchev–Trinajstić information content (AvgIpc) is 3.11. The second kappa shape index (κ2) is 7.26. The van der Waals surface area contributed by atoms with E-state index in [0.29, 0.717) is 24.5 Å². The molecule has 5 nitrogen and oxygen atoms in total. The minimum absolute atomic E-state index is 0.0749. The molecule has 0 spiro atoms. The molecule has 0 saturated carbocycles. The van der Waals surface area contributed by atoms with E-state index < -0.39 is 12.5 Å². The van der Waals surface area contributed by atoms with Crippen molar-refractivity contribution in [2.45, 2.75) is 44.3 Å². The first kappa shape index (κ1) is 17.3. The maximum atomic E-state index is 13.9. The standard InChI is InChI=1S/C18H22F3N5/c19-14-6-2-1-4-12(14)9-25-7-3-5-13(10-25)15-8-16(17(20)21)26-18(24-15)22-11-23-26/h1-2,4,6,11,13,15-17H,3,5,7-10H2,(H,22,23,24)/t13?,15-,16+/m0/s1. The van der Waals surface area contributed by atoms with Gasteiger partial charge in [0.2, 0.25) is 5.95 Å². The zero-order chi connectivity index (χ0) is 18.1. The molecule has 2 aliphatic rings. The van der Waals surface area contributed by atoms with Gasteiger partial charge in [0.15, 0.2) is 0 Å². The summed E-state index contributed by atoms with van der Waals surface area (Å²) in [5.74, 6) is 0.441. The number of nitrogens with zero attached hydrogens (tertiary/aromatic N) is 4. The van der Waals surface area contributed by atoms with Crippen LogP contribution in [0.3, 0.4) is 0 Å². The van der Waals surface area contributed by atoms with Gasteiger partial charge in [0.25, 0.3) is 6.43 Å². The van der Waals surface area contributed by atoms with Crippen molar-refractivity contribution in [1.82, 2.24) is 19.7 Å². The fourth-order valence-electron chi connectivity index (χ4n) is 4.13.